The lowest BCUT2D eigenvalue weighted by molar-refractivity contribution is -0.0376. The summed E-state index contributed by atoms with van der Waals surface area (Å²) in [5.41, 5.74) is 4.32. The number of aromatic nitrogens is 1. The minimum atomic E-state index is 0.230. The highest BCUT2D eigenvalue weighted by molar-refractivity contribution is 5.13. The quantitative estimate of drug-likeness (QED) is 0.769. The molecule has 1 atom stereocenters. The van der Waals surface area contributed by atoms with Gasteiger partial charge < -0.3 is 0 Å². The minimum Gasteiger partial charge on any atom is -0.298 e. The Morgan fingerprint density at radius 3 is 2.67 bits per heavy atom. The zero-order valence-electron chi connectivity index (χ0n) is 9.15. The second-order valence-electron chi connectivity index (χ2n) is 4.14. The van der Waals surface area contributed by atoms with Gasteiger partial charge in [-0.2, -0.15) is 5.48 Å². The van der Waals surface area contributed by atoms with Gasteiger partial charge in [-0.1, -0.05) is 12.8 Å². The molecule has 1 aromatic heterocycles. The summed E-state index contributed by atoms with van der Waals surface area (Å²) in [4.78, 5) is 9.65. The molecule has 1 aliphatic carbocycles. The summed E-state index contributed by atoms with van der Waals surface area (Å²) in [5, 5.41) is 0. The van der Waals surface area contributed by atoms with Gasteiger partial charge in [0.05, 0.1) is 12.1 Å². The molecule has 0 spiro atoms. The van der Waals surface area contributed by atoms with E-state index >= 15 is 0 Å². The first-order chi connectivity index (χ1) is 7.36. The van der Waals surface area contributed by atoms with Gasteiger partial charge in [0.15, 0.2) is 0 Å². The van der Waals surface area contributed by atoms with Crippen molar-refractivity contribution in [2.75, 3.05) is 0 Å². The maximum absolute atomic E-state index is 5.65. The van der Waals surface area contributed by atoms with Crippen LogP contribution in [-0.2, 0) is 4.84 Å². The number of hydrogen-bond acceptors (Lipinski definition) is 3. The molecule has 3 heteroatoms. The first-order valence-electron chi connectivity index (χ1n) is 5.67. The summed E-state index contributed by atoms with van der Waals surface area (Å²) in [6, 6.07) is 4.25. The SMILES string of the molecule is CC(NOC1CCCC1)c1ccncc1. The topological polar surface area (TPSA) is 34.1 Å². The monoisotopic (exact) mass is 206 g/mol. The second kappa shape index (κ2) is 5.24. The smallest absolute Gasteiger partial charge is 0.0790 e. The van der Waals surface area contributed by atoms with Crippen LogP contribution in [0.2, 0.25) is 0 Å². The van der Waals surface area contributed by atoms with Crippen molar-refractivity contribution >= 4 is 0 Å². The van der Waals surface area contributed by atoms with Crippen molar-refractivity contribution in [1.82, 2.24) is 10.5 Å². The first kappa shape index (κ1) is 10.6. The molecule has 0 amide bonds. The number of hydroxylamine groups is 1. The standard InChI is InChI=1S/C12H18N2O/c1-10(11-6-8-13-9-7-11)14-15-12-4-2-3-5-12/h6-10,12,14H,2-5H2,1H3. The summed E-state index contributed by atoms with van der Waals surface area (Å²) in [6.07, 6.45) is 9.01. The fourth-order valence-corrected chi connectivity index (χ4v) is 1.92. The summed E-state index contributed by atoms with van der Waals surface area (Å²) in [5.74, 6) is 0. The largest absolute Gasteiger partial charge is 0.298 e. The molecule has 1 fully saturated rings. The zero-order chi connectivity index (χ0) is 10.5. The fraction of sp³-hybridized carbons (Fsp3) is 0.583. The van der Waals surface area contributed by atoms with Crippen LogP contribution in [-0.4, -0.2) is 11.1 Å². The molecule has 0 bridgehead atoms. The van der Waals surface area contributed by atoms with Gasteiger partial charge in [0.2, 0.25) is 0 Å². The second-order valence-corrected chi connectivity index (χ2v) is 4.14. The van der Waals surface area contributed by atoms with Crippen molar-refractivity contribution in [3.05, 3.63) is 30.1 Å². The van der Waals surface area contributed by atoms with Gasteiger partial charge in [-0.15, -0.1) is 0 Å². The predicted octanol–water partition coefficient (Wildman–Crippen LogP) is 2.61. The van der Waals surface area contributed by atoms with Crippen molar-refractivity contribution in [3.63, 3.8) is 0 Å². The van der Waals surface area contributed by atoms with Crippen molar-refractivity contribution in [2.24, 2.45) is 0 Å². The Morgan fingerprint density at radius 2 is 2.00 bits per heavy atom. The molecule has 0 radical (unpaired) electrons. The van der Waals surface area contributed by atoms with E-state index in [1.165, 1.54) is 31.2 Å². The Bertz CT molecular complexity index is 283. The van der Waals surface area contributed by atoms with E-state index in [0.717, 1.165) is 0 Å². The molecule has 0 aliphatic heterocycles. The number of hydrogen-bond donors (Lipinski definition) is 1. The van der Waals surface area contributed by atoms with Crippen molar-refractivity contribution < 1.29 is 4.84 Å². The normalized spacial score (nSPS) is 19.3. The fourth-order valence-electron chi connectivity index (χ4n) is 1.92. The summed E-state index contributed by atoms with van der Waals surface area (Å²) >= 11 is 0. The third kappa shape index (κ3) is 3.01. The van der Waals surface area contributed by atoms with Crippen LogP contribution in [0.5, 0.6) is 0 Å². The molecule has 82 valence electrons. The molecule has 15 heavy (non-hydrogen) atoms. The number of nitrogens with one attached hydrogen (secondary N) is 1. The molecule has 0 aromatic carbocycles. The zero-order valence-corrected chi connectivity index (χ0v) is 9.15. The van der Waals surface area contributed by atoms with E-state index in [9.17, 15) is 0 Å². The maximum atomic E-state index is 5.65. The molecule has 2 rings (SSSR count). The van der Waals surface area contributed by atoms with Crippen LogP contribution in [0.4, 0.5) is 0 Å². The summed E-state index contributed by atoms with van der Waals surface area (Å²) in [7, 11) is 0. The molecule has 1 heterocycles. The molecular formula is C12H18N2O. The Kier molecular flexibility index (Phi) is 3.69. The third-order valence-corrected chi connectivity index (χ3v) is 2.92. The van der Waals surface area contributed by atoms with E-state index in [1.807, 2.05) is 24.5 Å². The minimum absolute atomic E-state index is 0.230. The first-order valence-corrected chi connectivity index (χ1v) is 5.67. The van der Waals surface area contributed by atoms with E-state index in [-0.39, 0.29) is 6.04 Å². The highest BCUT2D eigenvalue weighted by Gasteiger charge is 2.16. The van der Waals surface area contributed by atoms with E-state index < -0.39 is 0 Å². The highest BCUT2D eigenvalue weighted by atomic mass is 16.7. The Balaban J connectivity index is 1.79. The number of pyridine rings is 1. The van der Waals surface area contributed by atoms with Crippen LogP contribution in [0, 0.1) is 0 Å². The Morgan fingerprint density at radius 1 is 1.33 bits per heavy atom. The van der Waals surface area contributed by atoms with Crippen LogP contribution in [0.3, 0.4) is 0 Å². The van der Waals surface area contributed by atoms with Gasteiger partial charge >= 0.3 is 0 Å². The summed E-state index contributed by atoms with van der Waals surface area (Å²) in [6.45, 7) is 2.10. The number of rotatable bonds is 4. The van der Waals surface area contributed by atoms with Gasteiger partial charge in [-0.25, -0.2) is 0 Å². The van der Waals surface area contributed by atoms with Crippen molar-refractivity contribution in [2.45, 2.75) is 44.8 Å². The van der Waals surface area contributed by atoms with E-state index in [4.69, 9.17) is 4.84 Å². The predicted molar refractivity (Wildman–Crippen MR) is 59.1 cm³/mol. The lowest BCUT2D eigenvalue weighted by Crippen LogP contribution is -2.24. The van der Waals surface area contributed by atoms with E-state index in [0.29, 0.717) is 6.10 Å². The van der Waals surface area contributed by atoms with Crippen LogP contribution in [0.25, 0.3) is 0 Å². The molecule has 3 nitrogen and oxygen atoms in total. The lowest BCUT2D eigenvalue weighted by atomic mass is 10.1. The Hall–Kier alpha value is -0.930. The Labute approximate surface area is 90.8 Å². The maximum Gasteiger partial charge on any atom is 0.0790 e. The lowest BCUT2D eigenvalue weighted by Gasteiger charge is -2.17. The molecule has 0 saturated heterocycles. The number of nitrogens with zero attached hydrogens (tertiary/aromatic N) is 1. The van der Waals surface area contributed by atoms with Crippen LogP contribution in [0.1, 0.15) is 44.2 Å². The molecule has 1 unspecified atom stereocenters. The third-order valence-electron chi connectivity index (χ3n) is 2.92. The highest BCUT2D eigenvalue weighted by Crippen LogP contribution is 2.21. The van der Waals surface area contributed by atoms with Crippen LogP contribution < -0.4 is 5.48 Å². The van der Waals surface area contributed by atoms with Gasteiger partial charge in [-0.05, 0) is 37.5 Å². The van der Waals surface area contributed by atoms with Gasteiger partial charge in [0.1, 0.15) is 0 Å². The van der Waals surface area contributed by atoms with Gasteiger partial charge in [0, 0.05) is 12.4 Å². The molecular weight excluding hydrogens is 188 g/mol. The average Bonchev–Trinajstić information content (AvgIpc) is 2.80. The van der Waals surface area contributed by atoms with Gasteiger partial charge in [-0.3, -0.25) is 9.82 Å². The van der Waals surface area contributed by atoms with E-state index in [1.54, 1.807) is 0 Å². The molecule has 1 aromatic rings. The van der Waals surface area contributed by atoms with Crippen molar-refractivity contribution in [3.8, 4) is 0 Å². The summed E-state index contributed by atoms with van der Waals surface area (Å²) < 4.78 is 0. The molecule has 1 saturated carbocycles. The van der Waals surface area contributed by atoms with Crippen LogP contribution in [0.15, 0.2) is 24.5 Å². The molecule has 1 N–H and O–H groups in total. The molecule has 1 aliphatic rings. The van der Waals surface area contributed by atoms with Crippen LogP contribution >= 0.6 is 0 Å². The van der Waals surface area contributed by atoms with Gasteiger partial charge in [0.25, 0.3) is 0 Å². The van der Waals surface area contributed by atoms with E-state index in [2.05, 4.69) is 17.4 Å². The average molecular weight is 206 g/mol. The van der Waals surface area contributed by atoms with Crippen molar-refractivity contribution in [1.29, 1.82) is 0 Å².